The summed E-state index contributed by atoms with van der Waals surface area (Å²) in [6, 6.07) is 24.7. The monoisotopic (exact) mass is 394 g/mol. The highest BCUT2D eigenvalue weighted by Gasteiger charge is 2.52. The Hall–Kier alpha value is -3.07. The van der Waals surface area contributed by atoms with Gasteiger partial charge in [-0.2, -0.15) is 5.26 Å². The van der Waals surface area contributed by atoms with Crippen LogP contribution in [0, 0.1) is 11.3 Å². The molecule has 30 heavy (non-hydrogen) atoms. The van der Waals surface area contributed by atoms with Crippen LogP contribution in [0.3, 0.4) is 0 Å². The van der Waals surface area contributed by atoms with Gasteiger partial charge in [0.25, 0.3) is 0 Å². The van der Waals surface area contributed by atoms with E-state index in [1.54, 1.807) is 0 Å². The van der Waals surface area contributed by atoms with Crippen LogP contribution in [0.25, 0.3) is 27.5 Å². The first-order valence-corrected chi connectivity index (χ1v) is 10.2. The smallest absolute Gasteiger partial charge is 0.399 e. The number of rotatable bonds is 2. The van der Waals surface area contributed by atoms with Crippen molar-refractivity contribution < 1.29 is 9.31 Å². The molecular formula is C25H23BN2O2. The molecule has 0 saturated carbocycles. The molecule has 148 valence electrons. The first kappa shape index (κ1) is 18.9. The van der Waals surface area contributed by atoms with E-state index in [2.05, 4.69) is 74.7 Å². The lowest BCUT2D eigenvalue weighted by Crippen LogP contribution is -2.41. The van der Waals surface area contributed by atoms with Crippen molar-refractivity contribution in [1.82, 2.24) is 4.57 Å². The topological polar surface area (TPSA) is 47.2 Å². The predicted molar refractivity (Wildman–Crippen MR) is 121 cm³/mol. The van der Waals surface area contributed by atoms with Crippen molar-refractivity contribution >= 4 is 34.4 Å². The number of nitriles is 1. The fraction of sp³-hybridized carbons (Fsp3) is 0.240. The molecule has 2 heterocycles. The van der Waals surface area contributed by atoms with Gasteiger partial charge >= 0.3 is 7.12 Å². The van der Waals surface area contributed by atoms with Gasteiger partial charge in [-0.1, -0.05) is 42.5 Å². The lowest BCUT2D eigenvalue weighted by Gasteiger charge is -2.32. The minimum Gasteiger partial charge on any atom is -0.399 e. The highest BCUT2D eigenvalue weighted by Crippen LogP contribution is 2.38. The number of aromatic nitrogens is 1. The van der Waals surface area contributed by atoms with Crippen LogP contribution < -0.4 is 5.46 Å². The zero-order valence-electron chi connectivity index (χ0n) is 17.6. The SMILES string of the molecule is CC1(C)OB(c2ccc(C#N)cc2-n2c3ccccc3c3ccccc32)OC1(C)C. The molecule has 0 radical (unpaired) electrons. The van der Waals surface area contributed by atoms with Crippen LogP contribution in [0.4, 0.5) is 0 Å². The van der Waals surface area contributed by atoms with Crippen LogP contribution in [0.5, 0.6) is 0 Å². The van der Waals surface area contributed by atoms with Gasteiger partial charge in [0.1, 0.15) is 0 Å². The molecule has 5 heteroatoms. The summed E-state index contributed by atoms with van der Waals surface area (Å²) in [5.74, 6) is 0. The van der Waals surface area contributed by atoms with Crippen molar-refractivity contribution in [3.8, 4) is 11.8 Å². The van der Waals surface area contributed by atoms with Gasteiger partial charge in [-0.3, -0.25) is 0 Å². The number of benzene rings is 3. The summed E-state index contributed by atoms with van der Waals surface area (Å²) in [6.07, 6.45) is 0. The molecule has 1 aliphatic rings. The Balaban J connectivity index is 1.81. The number of hydrogen-bond donors (Lipinski definition) is 0. The van der Waals surface area contributed by atoms with E-state index in [9.17, 15) is 5.26 Å². The molecule has 0 unspecified atom stereocenters. The molecule has 3 aromatic carbocycles. The molecule has 5 rings (SSSR count). The maximum Gasteiger partial charge on any atom is 0.496 e. The molecule has 4 aromatic rings. The number of para-hydroxylation sites is 2. The van der Waals surface area contributed by atoms with Gasteiger partial charge in [-0.05, 0) is 52.0 Å². The van der Waals surface area contributed by atoms with E-state index in [0.29, 0.717) is 5.56 Å². The number of fused-ring (bicyclic) bond motifs is 3. The summed E-state index contributed by atoms with van der Waals surface area (Å²) in [4.78, 5) is 0. The quantitative estimate of drug-likeness (QED) is 0.452. The van der Waals surface area contributed by atoms with Gasteiger partial charge in [-0.15, -0.1) is 0 Å². The Labute approximate surface area is 176 Å². The van der Waals surface area contributed by atoms with Gasteiger partial charge in [0.2, 0.25) is 0 Å². The van der Waals surface area contributed by atoms with Crippen molar-refractivity contribution in [2.75, 3.05) is 0 Å². The van der Waals surface area contributed by atoms with Crippen LogP contribution in [-0.4, -0.2) is 22.9 Å². The van der Waals surface area contributed by atoms with Crippen LogP contribution in [0.1, 0.15) is 33.3 Å². The highest BCUT2D eigenvalue weighted by atomic mass is 16.7. The second-order valence-corrected chi connectivity index (χ2v) is 8.84. The summed E-state index contributed by atoms with van der Waals surface area (Å²) >= 11 is 0. The fourth-order valence-electron chi connectivity index (χ4n) is 4.16. The minimum absolute atomic E-state index is 0.441. The van der Waals surface area contributed by atoms with Gasteiger partial charge < -0.3 is 13.9 Å². The molecule has 0 bridgehead atoms. The molecule has 0 N–H and O–H groups in total. The average Bonchev–Trinajstić information content (AvgIpc) is 3.17. The van der Waals surface area contributed by atoms with E-state index in [1.807, 2.05) is 30.3 Å². The van der Waals surface area contributed by atoms with Crippen molar-refractivity contribution in [3.05, 3.63) is 72.3 Å². The van der Waals surface area contributed by atoms with E-state index in [4.69, 9.17) is 9.31 Å². The van der Waals surface area contributed by atoms with Gasteiger partial charge in [0, 0.05) is 21.9 Å². The van der Waals surface area contributed by atoms with E-state index >= 15 is 0 Å². The third-order valence-corrected chi connectivity index (χ3v) is 6.49. The van der Waals surface area contributed by atoms with Gasteiger partial charge in [0.05, 0.1) is 33.9 Å². The highest BCUT2D eigenvalue weighted by molar-refractivity contribution is 6.63. The van der Waals surface area contributed by atoms with E-state index < -0.39 is 18.3 Å². The van der Waals surface area contributed by atoms with Crippen molar-refractivity contribution in [2.24, 2.45) is 0 Å². The Kier molecular flexibility index (Phi) is 4.08. The normalized spacial score (nSPS) is 17.5. The van der Waals surface area contributed by atoms with E-state index in [0.717, 1.165) is 22.2 Å². The fourth-order valence-corrected chi connectivity index (χ4v) is 4.16. The summed E-state index contributed by atoms with van der Waals surface area (Å²) in [5.41, 5.74) is 3.72. The second kappa shape index (κ2) is 6.47. The summed E-state index contributed by atoms with van der Waals surface area (Å²) in [6.45, 7) is 8.21. The standard InChI is InChI=1S/C25H23BN2O2/c1-24(2)25(3,4)30-26(29-24)20-14-13-17(16-27)15-23(20)28-21-11-7-5-9-18(21)19-10-6-8-12-22(19)28/h5-15H,1-4H3. The third-order valence-electron chi connectivity index (χ3n) is 6.49. The van der Waals surface area contributed by atoms with Crippen molar-refractivity contribution in [1.29, 1.82) is 5.26 Å². The lowest BCUT2D eigenvalue weighted by atomic mass is 9.77. The zero-order chi connectivity index (χ0) is 21.1. The number of hydrogen-bond acceptors (Lipinski definition) is 3. The van der Waals surface area contributed by atoms with Crippen molar-refractivity contribution in [2.45, 2.75) is 38.9 Å². The zero-order valence-corrected chi connectivity index (χ0v) is 17.6. The van der Waals surface area contributed by atoms with Crippen LogP contribution >= 0.6 is 0 Å². The maximum absolute atomic E-state index is 9.59. The molecule has 1 saturated heterocycles. The van der Waals surface area contributed by atoms with Crippen LogP contribution in [0.2, 0.25) is 0 Å². The molecule has 1 aromatic heterocycles. The summed E-state index contributed by atoms with van der Waals surface area (Å²) < 4.78 is 15.0. The minimum atomic E-state index is -0.516. The molecule has 0 aliphatic carbocycles. The Bertz CT molecular complexity index is 1260. The first-order valence-electron chi connectivity index (χ1n) is 10.2. The summed E-state index contributed by atoms with van der Waals surface area (Å²) in [7, 11) is -0.516. The molecule has 4 nitrogen and oxygen atoms in total. The summed E-state index contributed by atoms with van der Waals surface area (Å²) in [5, 5.41) is 11.9. The molecule has 0 atom stereocenters. The van der Waals surface area contributed by atoms with E-state index in [-0.39, 0.29) is 0 Å². The van der Waals surface area contributed by atoms with Crippen molar-refractivity contribution in [3.63, 3.8) is 0 Å². The lowest BCUT2D eigenvalue weighted by molar-refractivity contribution is 0.00578. The van der Waals surface area contributed by atoms with Gasteiger partial charge in [0.15, 0.2) is 0 Å². The van der Waals surface area contributed by atoms with Gasteiger partial charge in [-0.25, -0.2) is 0 Å². The van der Waals surface area contributed by atoms with Crippen LogP contribution in [0.15, 0.2) is 66.7 Å². The molecule has 1 aliphatic heterocycles. The predicted octanol–water partition coefficient (Wildman–Crippen LogP) is 4.95. The average molecular weight is 394 g/mol. The molecule has 0 spiro atoms. The third kappa shape index (κ3) is 2.69. The Morgan fingerprint density at radius 2 is 1.33 bits per heavy atom. The second-order valence-electron chi connectivity index (χ2n) is 8.84. The Morgan fingerprint density at radius 3 is 1.87 bits per heavy atom. The van der Waals surface area contributed by atoms with E-state index in [1.165, 1.54) is 10.8 Å². The number of nitrogens with zero attached hydrogens (tertiary/aromatic N) is 2. The Morgan fingerprint density at radius 1 is 0.800 bits per heavy atom. The van der Waals surface area contributed by atoms with Crippen LogP contribution in [-0.2, 0) is 9.31 Å². The molecular weight excluding hydrogens is 371 g/mol. The molecule has 1 fully saturated rings. The first-order chi connectivity index (χ1) is 14.3. The maximum atomic E-state index is 9.59. The molecule has 0 amide bonds. The largest absolute Gasteiger partial charge is 0.496 e.